The Labute approximate surface area is 112 Å². The van der Waals surface area contributed by atoms with E-state index in [1.54, 1.807) is 6.92 Å². The van der Waals surface area contributed by atoms with Crippen molar-refractivity contribution in [2.45, 2.75) is 52.2 Å². The molecule has 0 aromatic carbocycles. The molecule has 1 fully saturated rings. The van der Waals surface area contributed by atoms with Crippen LogP contribution in [0.5, 0.6) is 0 Å². The van der Waals surface area contributed by atoms with Gasteiger partial charge in [0.25, 0.3) is 0 Å². The summed E-state index contributed by atoms with van der Waals surface area (Å²) in [5, 5.41) is 0. The minimum Gasteiger partial charge on any atom is -0.399 e. The lowest BCUT2D eigenvalue weighted by atomic mass is 9.79. The molecule has 0 radical (unpaired) electrons. The van der Waals surface area contributed by atoms with E-state index in [2.05, 4.69) is 4.98 Å². The molecule has 0 saturated carbocycles. The standard InChI is InChI=1S/C13H18BF2NO2/c1-6-8-7-9(15)10(11(16)17-8)14-18-12(2,3)13(4,5)19-14/h7H,6H2,1-5H3. The van der Waals surface area contributed by atoms with Gasteiger partial charge in [-0.1, -0.05) is 6.92 Å². The van der Waals surface area contributed by atoms with Crippen LogP contribution in [0.1, 0.15) is 40.3 Å². The fraction of sp³-hybridized carbons (Fsp3) is 0.615. The van der Waals surface area contributed by atoms with E-state index in [9.17, 15) is 8.78 Å². The summed E-state index contributed by atoms with van der Waals surface area (Å²) in [6.07, 6.45) is 0.470. The SMILES string of the molecule is CCc1cc(F)c(B2OC(C)(C)C(C)(C)O2)c(F)n1. The van der Waals surface area contributed by atoms with Crippen LogP contribution in [-0.4, -0.2) is 23.3 Å². The Balaban J connectivity index is 2.40. The first-order chi connectivity index (χ1) is 8.68. The summed E-state index contributed by atoms with van der Waals surface area (Å²) >= 11 is 0. The van der Waals surface area contributed by atoms with E-state index in [0.29, 0.717) is 12.1 Å². The molecular weight excluding hydrogens is 251 g/mol. The molecule has 0 atom stereocenters. The fourth-order valence-corrected chi connectivity index (χ4v) is 1.89. The van der Waals surface area contributed by atoms with Gasteiger partial charge in [-0.3, -0.25) is 0 Å². The number of rotatable bonds is 2. The van der Waals surface area contributed by atoms with Crippen molar-refractivity contribution < 1.29 is 18.1 Å². The van der Waals surface area contributed by atoms with Crippen LogP contribution in [0, 0.1) is 11.8 Å². The van der Waals surface area contributed by atoms with Gasteiger partial charge in [0.15, 0.2) is 0 Å². The third kappa shape index (κ3) is 2.39. The Morgan fingerprint density at radius 2 is 1.68 bits per heavy atom. The highest BCUT2D eigenvalue weighted by Crippen LogP contribution is 2.36. The van der Waals surface area contributed by atoms with E-state index >= 15 is 0 Å². The summed E-state index contributed by atoms with van der Waals surface area (Å²) in [5.74, 6) is -1.54. The van der Waals surface area contributed by atoms with Crippen molar-refractivity contribution in [2.24, 2.45) is 0 Å². The van der Waals surface area contributed by atoms with Crippen LogP contribution in [0.25, 0.3) is 0 Å². The molecule has 0 N–H and O–H groups in total. The van der Waals surface area contributed by atoms with Crippen LogP contribution in [-0.2, 0) is 15.7 Å². The molecule has 0 spiro atoms. The van der Waals surface area contributed by atoms with E-state index in [4.69, 9.17) is 9.31 Å². The number of pyridine rings is 1. The zero-order chi connectivity index (χ0) is 14.4. The molecule has 3 nitrogen and oxygen atoms in total. The molecule has 6 heteroatoms. The monoisotopic (exact) mass is 269 g/mol. The lowest BCUT2D eigenvalue weighted by Gasteiger charge is -2.32. The molecule has 0 unspecified atom stereocenters. The second kappa shape index (κ2) is 4.53. The van der Waals surface area contributed by atoms with Gasteiger partial charge in [-0.2, -0.15) is 4.39 Å². The highest BCUT2D eigenvalue weighted by Gasteiger charge is 2.53. The summed E-state index contributed by atoms with van der Waals surface area (Å²) in [4.78, 5) is 3.73. The maximum atomic E-state index is 14.0. The molecule has 1 aliphatic heterocycles. The Morgan fingerprint density at radius 3 is 2.11 bits per heavy atom. The third-order valence-electron chi connectivity index (χ3n) is 3.87. The van der Waals surface area contributed by atoms with E-state index in [1.807, 2.05) is 27.7 Å². The van der Waals surface area contributed by atoms with Gasteiger partial charge < -0.3 is 9.31 Å². The molecule has 1 aromatic rings. The maximum Gasteiger partial charge on any atom is 0.502 e. The van der Waals surface area contributed by atoms with Crippen molar-refractivity contribution in [1.29, 1.82) is 0 Å². The van der Waals surface area contributed by atoms with Crippen molar-refractivity contribution in [3.8, 4) is 0 Å². The maximum absolute atomic E-state index is 14.0. The van der Waals surface area contributed by atoms with Gasteiger partial charge in [-0.25, -0.2) is 9.37 Å². The highest BCUT2D eigenvalue weighted by atomic mass is 19.1. The summed E-state index contributed by atoms with van der Waals surface area (Å²) in [7, 11) is -1.07. The molecule has 19 heavy (non-hydrogen) atoms. The Kier molecular flexibility index (Phi) is 3.43. The number of halogens is 2. The molecule has 104 valence electrons. The predicted octanol–water partition coefficient (Wildman–Crippen LogP) is 2.22. The van der Waals surface area contributed by atoms with Crippen LogP contribution in [0.15, 0.2) is 6.07 Å². The summed E-state index contributed by atoms with van der Waals surface area (Å²) < 4.78 is 39.2. The van der Waals surface area contributed by atoms with Crippen molar-refractivity contribution in [3.05, 3.63) is 23.5 Å². The Bertz CT molecular complexity index is 466. The quantitative estimate of drug-likeness (QED) is 0.609. The van der Waals surface area contributed by atoms with Crippen LogP contribution in [0.2, 0.25) is 0 Å². The van der Waals surface area contributed by atoms with E-state index in [1.165, 1.54) is 6.07 Å². The number of nitrogens with zero attached hydrogens (tertiary/aromatic N) is 1. The molecule has 1 saturated heterocycles. The van der Waals surface area contributed by atoms with Gasteiger partial charge in [0.2, 0.25) is 5.95 Å². The van der Waals surface area contributed by atoms with Gasteiger partial charge in [0, 0.05) is 5.69 Å². The summed E-state index contributed by atoms with van der Waals surface area (Å²) in [6.45, 7) is 9.11. The van der Waals surface area contributed by atoms with Crippen LogP contribution < -0.4 is 5.46 Å². The Morgan fingerprint density at radius 1 is 1.16 bits per heavy atom. The molecule has 1 aromatic heterocycles. The minimum absolute atomic E-state index is 0.254. The lowest BCUT2D eigenvalue weighted by molar-refractivity contribution is 0.00578. The lowest BCUT2D eigenvalue weighted by Crippen LogP contribution is -2.41. The van der Waals surface area contributed by atoms with Gasteiger partial charge in [0.05, 0.1) is 16.7 Å². The first-order valence-electron chi connectivity index (χ1n) is 6.38. The van der Waals surface area contributed by atoms with E-state index in [0.717, 1.165) is 0 Å². The molecule has 0 bridgehead atoms. The topological polar surface area (TPSA) is 31.4 Å². The van der Waals surface area contributed by atoms with E-state index in [-0.39, 0.29) is 5.46 Å². The van der Waals surface area contributed by atoms with Crippen molar-refractivity contribution in [1.82, 2.24) is 4.98 Å². The fourth-order valence-electron chi connectivity index (χ4n) is 1.89. The summed E-state index contributed by atoms with van der Waals surface area (Å²) in [6, 6.07) is 1.23. The normalized spacial score (nSPS) is 20.9. The zero-order valence-electron chi connectivity index (χ0n) is 11.9. The smallest absolute Gasteiger partial charge is 0.399 e. The minimum atomic E-state index is -1.07. The summed E-state index contributed by atoms with van der Waals surface area (Å²) in [5.41, 5.74) is -1.16. The van der Waals surface area contributed by atoms with Gasteiger partial charge in [-0.15, -0.1) is 0 Å². The average Bonchev–Trinajstić information content (AvgIpc) is 2.46. The molecule has 1 aliphatic rings. The first-order valence-corrected chi connectivity index (χ1v) is 6.38. The van der Waals surface area contributed by atoms with Crippen molar-refractivity contribution in [3.63, 3.8) is 0 Å². The van der Waals surface area contributed by atoms with E-state index < -0.39 is 30.1 Å². The zero-order valence-corrected chi connectivity index (χ0v) is 11.9. The van der Waals surface area contributed by atoms with Crippen LogP contribution in [0.3, 0.4) is 0 Å². The average molecular weight is 269 g/mol. The molecule has 0 aliphatic carbocycles. The van der Waals surface area contributed by atoms with Crippen LogP contribution >= 0.6 is 0 Å². The molecule has 2 rings (SSSR count). The predicted molar refractivity (Wildman–Crippen MR) is 69.2 cm³/mol. The molecule has 0 amide bonds. The second-order valence-corrected chi connectivity index (χ2v) is 5.74. The highest BCUT2D eigenvalue weighted by molar-refractivity contribution is 6.62. The van der Waals surface area contributed by atoms with Gasteiger partial charge in [0.1, 0.15) is 5.82 Å². The third-order valence-corrected chi connectivity index (χ3v) is 3.87. The largest absolute Gasteiger partial charge is 0.502 e. The van der Waals surface area contributed by atoms with Gasteiger partial charge in [-0.05, 0) is 40.2 Å². The number of hydrogen-bond acceptors (Lipinski definition) is 3. The van der Waals surface area contributed by atoms with Gasteiger partial charge >= 0.3 is 7.12 Å². The molecule has 2 heterocycles. The van der Waals surface area contributed by atoms with Crippen LogP contribution in [0.4, 0.5) is 8.78 Å². The number of aryl methyl sites for hydroxylation is 1. The first kappa shape index (κ1) is 14.4. The second-order valence-electron chi connectivity index (χ2n) is 5.74. The number of aromatic nitrogens is 1. The van der Waals surface area contributed by atoms with Crippen molar-refractivity contribution >= 4 is 12.6 Å². The van der Waals surface area contributed by atoms with Crippen molar-refractivity contribution in [2.75, 3.05) is 0 Å². The molecular formula is C13H18BF2NO2. The number of hydrogen-bond donors (Lipinski definition) is 0. The Hall–Kier alpha value is -1.01.